The Morgan fingerprint density at radius 1 is 0.926 bits per heavy atom. The van der Waals surface area contributed by atoms with E-state index in [9.17, 15) is 14.7 Å². The molecule has 0 saturated heterocycles. The lowest BCUT2D eigenvalue weighted by atomic mass is 9.63. The van der Waals surface area contributed by atoms with E-state index in [2.05, 4.69) is 39.8 Å². The van der Waals surface area contributed by atoms with Crippen molar-refractivity contribution in [3.63, 3.8) is 0 Å². The number of aromatic hydroxyl groups is 1. The molecule has 2 aromatic carbocycles. The van der Waals surface area contributed by atoms with Crippen LogP contribution in [-0.2, 0) is 17.3 Å². The van der Waals surface area contributed by atoms with E-state index in [0.717, 1.165) is 18.4 Å². The van der Waals surface area contributed by atoms with Crippen molar-refractivity contribution < 1.29 is 19.8 Å². The van der Waals surface area contributed by atoms with E-state index >= 15 is 0 Å². The number of benzene rings is 2. The fourth-order valence-electron chi connectivity index (χ4n) is 3.92. The largest absolute Gasteiger partial charge is 0.507 e. The summed E-state index contributed by atoms with van der Waals surface area (Å²) in [6.45, 7) is 9.02. The third-order valence-electron chi connectivity index (χ3n) is 5.83. The highest BCUT2D eigenvalue weighted by molar-refractivity contribution is 5.99. The highest BCUT2D eigenvalue weighted by Crippen LogP contribution is 2.45. The maximum absolute atomic E-state index is 12.6. The molecule has 0 amide bonds. The van der Waals surface area contributed by atoms with E-state index in [-0.39, 0.29) is 34.3 Å². The fraction of sp³-hybridized carbons (Fsp3) is 0.391. The van der Waals surface area contributed by atoms with Gasteiger partial charge in [0.2, 0.25) is 0 Å². The Morgan fingerprint density at radius 2 is 1.56 bits per heavy atom. The normalized spacial score (nSPS) is 17.2. The number of carboxylic acid groups (broad SMARTS) is 1. The number of carbonyl (C=O) groups is 2. The second-order valence-corrected chi connectivity index (χ2v) is 8.78. The third-order valence-corrected chi connectivity index (χ3v) is 5.83. The quantitative estimate of drug-likeness (QED) is 0.758. The summed E-state index contributed by atoms with van der Waals surface area (Å²) in [4.78, 5) is 23.6. The van der Waals surface area contributed by atoms with E-state index in [1.807, 2.05) is 6.07 Å². The average molecular weight is 366 g/mol. The maximum atomic E-state index is 12.6. The second kappa shape index (κ2) is 6.52. The molecule has 3 rings (SSSR count). The first kappa shape index (κ1) is 19.2. The fourth-order valence-corrected chi connectivity index (χ4v) is 3.92. The summed E-state index contributed by atoms with van der Waals surface area (Å²) < 4.78 is 0. The van der Waals surface area contributed by atoms with Gasteiger partial charge in [0.1, 0.15) is 11.3 Å². The molecule has 27 heavy (non-hydrogen) atoms. The van der Waals surface area contributed by atoms with E-state index in [1.54, 1.807) is 0 Å². The number of rotatable bonds is 4. The molecule has 0 fully saturated rings. The second-order valence-electron chi connectivity index (χ2n) is 8.78. The Kier molecular flexibility index (Phi) is 4.62. The van der Waals surface area contributed by atoms with Gasteiger partial charge in [-0.25, -0.2) is 4.79 Å². The number of carboxylic acids is 1. The molecule has 4 nitrogen and oxygen atoms in total. The lowest BCUT2D eigenvalue weighted by Crippen LogP contribution is -2.33. The van der Waals surface area contributed by atoms with Crippen molar-refractivity contribution in [1.29, 1.82) is 0 Å². The first-order valence-corrected chi connectivity index (χ1v) is 9.25. The standard InChI is InChI=1S/C23H26O4/c1-22(2)9-10-23(3,4)18-11-14(5-8-17(18)22)12-19(24)15-6-7-16(21(26)27)20(25)13-15/h5-8,11,13,25H,9-10,12H2,1-4H3,(H,26,27). The smallest absolute Gasteiger partial charge is 0.339 e. The van der Waals surface area contributed by atoms with Gasteiger partial charge in [-0.1, -0.05) is 52.0 Å². The number of hydrogen-bond acceptors (Lipinski definition) is 3. The highest BCUT2D eigenvalue weighted by atomic mass is 16.4. The summed E-state index contributed by atoms with van der Waals surface area (Å²) in [7, 11) is 0. The number of Topliss-reactive ketones (excluding diaryl/α,β-unsaturated/α-hetero) is 1. The zero-order valence-corrected chi connectivity index (χ0v) is 16.3. The Bertz CT molecular complexity index is 922. The Labute approximate surface area is 159 Å². The Morgan fingerprint density at radius 3 is 2.15 bits per heavy atom. The van der Waals surface area contributed by atoms with Gasteiger partial charge in [0.05, 0.1) is 0 Å². The molecule has 0 spiro atoms. The molecule has 142 valence electrons. The molecular formula is C23H26O4. The predicted molar refractivity (Wildman–Crippen MR) is 105 cm³/mol. The zero-order valence-electron chi connectivity index (χ0n) is 16.3. The molecule has 0 aromatic heterocycles. The average Bonchev–Trinajstić information content (AvgIpc) is 2.58. The number of carbonyl (C=O) groups excluding carboxylic acids is 1. The van der Waals surface area contributed by atoms with Crippen molar-refractivity contribution in [2.45, 2.75) is 57.8 Å². The lowest BCUT2D eigenvalue weighted by Gasteiger charge is -2.42. The van der Waals surface area contributed by atoms with Crippen molar-refractivity contribution >= 4 is 11.8 Å². The number of fused-ring (bicyclic) bond motifs is 1. The molecule has 0 saturated carbocycles. The number of ketones is 1. The summed E-state index contributed by atoms with van der Waals surface area (Å²) in [5.74, 6) is -1.75. The minimum absolute atomic E-state index is 0.0747. The monoisotopic (exact) mass is 366 g/mol. The van der Waals surface area contributed by atoms with Gasteiger partial charge in [0.25, 0.3) is 0 Å². The Balaban J connectivity index is 1.90. The van der Waals surface area contributed by atoms with Crippen molar-refractivity contribution in [2.75, 3.05) is 0 Å². The first-order valence-electron chi connectivity index (χ1n) is 9.25. The van der Waals surface area contributed by atoms with Gasteiger partial charge < -0.3 is 10.2 Å². The van der Waals surface area contributed by atoms with Crippen LogP contribution in [0.4, 0.5) is 0 Å². The topological polar surface area (TPSA) is 74.6 Å². The van der Waals surface area contributed by atoms with Crippen LogP contribution in [0.5, 0.6) is 5.75 Å². The van der Waals surface area contributed by atoms with Gasteiger partial charge in [-0.3, -0.25) is 4.79 Å². The van der Waals surface area contributed by atoms with Crippen LogP contribution in [0.15, 0.2) is 36.4 Å². The van der Waals surface area contributed by atoms with Crippen molar-refractivity contribution in [3.8, 4) is 5.75 Å². The molecule has 1 aliphatic carbocycles. The van der Waals surface area contributed by atoms with Crippen LogP contribution in [0.2, 0.25) is 0 Å². The minimum atomic E-state index is -1.22. The molecular weight excluding hydrogens is 340 g/mol. The maximum Gasteiger partial charge on any atom is 0.339 e. The van der Waals surface area contributed by atoms with Gasteiger partial charge in [-0.2, -0.15) is 0 Å². The predicted octanol–water partition coefficient (Wildman–Crippen LogP) is 4.86. The van der Waals surface area contributed by atoms with E-state index in [1.165, 1.54) is 29.3 Å². The summed E-state index contributed by atoms with van der Waals surface area (Å²) in [5, 5.41) is 18.8. The first-order chi connectivity index (χ1) is 12.5. The van der Waals surface area contributed by atoms with Crippen LogP contribution >= 0.6 is 0 Å². The van der Waals surface area contributed by atoms with E-state index in [0.29, 0.717) is 5.56 Å². The Hall–Kier alpha value is -2.62. The van der Waals surface area contributed by atoms with Crippen molar-refractivity contribution in [2.24, 2.45) is 0 Å². The van der Waals surface area contributed by atoms with Crippen LogP contribution < -0.4 is 0 Å². The zero-order chi connectivity index (χ0) is 20.0. The van der Waals surface area contributed by atoms with E-state index in [4.69, 9.17) is 5.11 Å². The van der Waals surface area contributed by atoms with Gasteiger partial charge in [0, 0.05) is 12.0 Å². The SMILES string of the molecule is CC1(C)CCC(C)(C)c2cc(CC(=O)c3ccc(C(=O)O)c(O)c3)ccc21. The number of phenols is 1. The summed E-state index contributed by atoms with van der Waals surface area (Å²) in [6.07, 6.45) is 2.46. The van der Waals surface area contributed by atoms with Gasteiger partial charge in [-0.15, -0.1) is 0 Å². The van der Waals surface area contributed by atoms with Gasteiger partial charge in [0.15, 0.2) is 5.78 Å². The molecule has 0 radical (unpaired) electrons. The molecule has 0 atom stereocenters. The third kappa shape index (κ3) is 3.61. The van der Waals surface area contributed by atoms with Crippen molar-refractivity contribution in [3.05, 3.63) is 64.2 Å². The van der Waals surface area contributed by atoms with Crippen molar-refractivity contribution in [1.82, 2.24) is 0 Å². The lowest BCUT2D eigenvalue weighted by molar-refractivity contribution is 0.0693. The summed E-state index contributed by atoms with van der Waals surface area (Å²) in [6, 6.07) is 10.2. The van der Waals surface area contributed by atoms with Gasteiger partial charge in [-0.05, 0) is 52.5 Å². The van der Waals surface area contributed by atoms with Crippen LogP contribution in [-0.4, -0.2) is 22.0 Å². The number of hydrogen-bond donors (Lipinski definition) is 2. The molecule has 2 N–H and O–H groups in total. The van der Waals surface area contributed by atoms with Crippen LogP contribution in [0.25, 0.3) is 0 Å². The van der Waals surface area contributed by atoms with Crippen LogP contribution in [0.3, 0.4) is 0 Å². The summed E-state index contributed by atoms with van der Waals surface area (Å²) in [5.41, 5.74) is 3.90. The minimum Gasteiger partial charge on any atom is -0.507 e. The molecule has 0 bridgehead atoms. The highest BCUT2D eigenvalue weighted by Gasteiger charge is 2.36. The molecule has 1 aliphatic rings. The molecule has 4 heteroatoms. The molecule has 2 aromatic rings. The van der Waals surface area contributed by atoms with Crippen LogP contribution in [0.1, 0.15) is 77.9 Å². The molecule has 0 heterocycles. The van der Waals surface area contributed by atoms with Gasteiger partial charge >= 0.3 is 5.97 Å². The summed E-state index contributed by atoms with van der Waals surface area (Å²) >= 11 is 0. The molecule has 0 aliphatic heterocycles. The van der Waals surface area contributed by atoms with Crippen LogP contribution in [0, 0.1) is 0 Å². The number of aromatic carboxylic acids is 1. The van der Waals surface area contributed by atoms with E-state index < -0.39 is 5.97 Å². The molecule has 0 unspecified atom stereocenters.